The molecule has 0 spiro atoms. The van der Waals surface area contributed by atoms with Crippen molar-refractivity contribution >= 4 is 29.5 Å². The molecule has 1 aliphatic rings. The lowest BCUT2D eigenvalue weighted by atomic mass is 10.0. The zero-order valence-electron chi connectivity index (χ0n) is 15.7. The highest BCUT2D eigenvalue weighted by molar-refractivity contribution is 6.24. The number of carbonyl (C=O) groups excluding carboxylic acids is 2. The van der Waals surface area contributed by atoms with Gasteiger partial charge in [-0.1, -0.05) is 36.4 Å². The van der Waals surface area contributed by atoms with E-state index >= 15 is 0 Å². The van der Waals surface area contributed by atoms with Crippen LogP contribution in [0.5, 0.6) is 0 Å². The van der Waals surface area contributed by atoms with E-state index in [4.69, 9.17) is 9.94 Å². The third-order valence-corrected chi connectivity index (χ3v) is 4.47. The van der Waals surface area contributed by atoms with E-state index < -0.39 is 5.91 Å². The van der Waals surface area contributed by atoms with Gasteiger partial charge in [0.1, 0.15) is 5.82 Å². The molecular weight excluding hydrogens is 375 g/mol. The number of hydroxylamine groups is 1. The molecule has 2 amide bonds. The van der Waals surface area contributed by atoms with Crippen LogP contribution in [0.15, 0.2) is 54.6 Å². The molecule has 0 atom stereocenters. The molecule has 3 rings (SSSR count). The minimum Gasteiger partial charge on any atom is -0.378 e. The summed E-state index contributed by atoms with van der Waals surface area (Å²) in [5.41, 5.74) is 4.17. The maximum absolute atomic E-state index is 13.4. The second-order valence-corrected chi connectivity index (χ2v) is 6.45. The average Bonchev–Trinajstić information content (AvgIpc) is 2.77. The molecule has 0 aromatic heterocycles. The Morgan fingerprint density at radius 2 is 1.62 bits per heavy atom. The Labute approximate surface area is 167 Å². The average molecular weight is 396 g/mol. The predicted molar refractivity (Wildman–Crippen MR) is 107 cm³/mol. The van der Waals surface area contributed by atoms with E-state index in [1.54, 1.807) is 41.3 Å². The van der Waals surface area contributed by atoms with Gasteiger partial charge in [-0.05, 0) is 41.0 Å². The van der Waals surface area contributed by atoms with E-state index in [0.717, 1.165) is 11.1 Å². The third kappa shape index (κ3) is 5.60. The third-order valence-electron chi connectivity index (χ3n) is 4.47. The second-order valence-electron chi connectivity index (χ2n) is 6.45. The van der Waals surface area contributed by atoms with Crippen molar-refractivity contribution in [2.75, 3.05) is 26.3 Å². The lowest BCUT2D eigenvalue weighted by Crippen LogP contribution is -2.41. The molecule has 0 radical (unpaired) electrons. The molecule has 0 bridgehead atoms. The molecule has 150 valence electrons. The Kier molecular flexibility index (Phi) is 6.89. The number of amides is 2. The molecule has 0 aliphatic carbocycles. The van der Waals surface area contributed by atoms with Crippen molar-refractivity contribution in [3.05, 3.63) is 77.1 Å². The first-order valence-electron chi connectivity index (χ1n) is 9.14. The Bertz CT molecular complexity index is 915. The highest BCUT2D eigenvalue weighted by Crippen LogP contribution is 2.22. The van der Waals surface area contributed by atoms with Crippen molar-refractivity contribution in [1.29, 1.82) is 0 Å². The number of carbonyl (C=O) groups is 2. The first-order valence-corrected chi connectivity index (χ1v) is 9.14. The summed E-state index contributed by atoms with van der Waals surface area (Å²) >= 11 is 0. The predicted octanol–water partition coefficient (Wildman–Crippen LogP) is 2.74. The quantitative estimate of drug-likeness (QED) is 0.353. The zero-order valence-corrected chi connectivity index (χ0v) is 15.7. The maximum Gasteiger partial charge on any atom is 0.267 e. The molecule has 1 heterocycles. The summed E-state index contributed by atoms with van der Waals surface area (Å²) in [5, 5.41) is 8.52. The fraction of sp³-hybridized carbons (Fsp3) is 0.182. The van der Waals surface area contributed by atoms with Crippen LogP contribution in [0.4, 0.5) is 4.39 Å². The van der Waals surface area contributed by atoms with Crippen molar-refractivity contribution in [3.8, 4) is 0 Å². The number of ether oxygens (including phenoxy) is 1. The smallest absolute Gasteiger partial charge is 0.267 e. The topological polar surface area (TPSA) is 78.9 Å². The Hall–Kier alpha value is -3.29. The molecule has 2 N–H and O–H groups in total. The van der Waals surface area contributed by atoms with Gasteiger partial charge in [-0.15, -0.1) is 0 Å². The van der Waals surface area contributed by atoms with Crippen LogP contribution >= 0.6 is 0 Å². The van der Waals surface area contributed by atoms with Crippen LogP contribution in [0.25, 0.3) is 17.7 Å². The van der Waals surface area contributed by atoms with Crippen LogP contribution in [0.1, 0.15) is 16.7 Å². The molecule has 2 aromatic rings. The monoisotopic (exact) mass is 396 g/mol. The highest BCUT2D eigenvalue weighted by atomic mass is 19.1. The maximum atomic E-state index is 13.4. The molecule has 29 heavy (non-hydrogen) atoms. The van der Waals surface area contributed by atoms with E-state index in [2.05, 4.69) is 0 Å². The zero-order chi connectivity index (χ0) is 20.6. The largest absolute Gasteiger partial charge is 0.378 e. The number of morpholine rings is 1. The Morgan fingerprint density at radius 1 is 1.00 bits per heavy atom. The molecule has 0 saturated carbocycles. The highest BCUT2D eigenvalue weighted by Gasteiger charge is 2.21. The standard InChI is InChI=1S/C22H21FN2O4/c23-19-8-6-18(7-9-19)20(22(27)25-11-13-29-14-12-25)15-17-3-1-16(2-4-17)5-10-21(26)24-28/h1-10,15,28H,11-14H2,(H,24,26)/b10-5+,20-15-. The van der Waals surface area contributed by atoms with E-state index in [1.807, 2.05) is 12.1 Å². The van der Waals surface area contributed by atoms with E-state index in [-0.39, 0.29) is 11.7 Å². The number of rotatable bonds is 5. The number of hydrogen-bond acceptors (Lipinski definition) is 4. The lowest BCUT2D eigenvalue weighted by Gasteiger charge is -2.28. The van der Waals surface area contributed by atoms with E-state index in [0.29, 0.717) is 37.4 Å². The molecular formula is C22H21FN2O4. The first kappa shape index (κ1) is 20.4. The summed E-state index contributed by atoms with van der Waals surface area (Å²) in [6, 6.07) is 13.0. The number of nitrogens with one attached hydrogen (secondary N) is 1. The first-order chi connectivity index (χ1) is 14.1. The van der Waals surface area contributed by atoms with Crippen molar-refractivity contribution in [2.24, 2.45) is 0 Å². The van der Waals surface area contributed by atoms with Crippen LogP contribution in [-0.2, 0) is 14.3 Å². The fourth-order valence-corrected chi connectivity index (χ4v) is 2.91. The summed E-state index contributed by atoms with van der Waals surface area (Å²) in [6.45, 7) is 2.00. The van der Waals surface area contributed by atoms with Crippen LogP contribution < -0.4 is 5.48 Å². The van der Waals surface area contributed by atoms with Crippen molar-refractivity contribution < 1.29 is 23.9 Å². The van der Waals surface area contributed by atoms with Crippen molar-refractivity contribution in [1.82, 2.24) is 10.4 Å². The minimum absolute atomic E-state index is 0.136. The molecule has 1 fully saturated rings. The van der Waals surface area contributed by atoms with Gasteiger partial charge in [-0.25, -0.2) is 9.87 Å². The fourth-order valence-electron chi connectivity index (χ4n) is 2.91. The van der Waals surface area contributed by atoms with Gasteiger partial charge in [0.25, 0.3) is 11.8 Å². The van der Waals surface area contributed by atoms with Gasteiger partial charge in [0.15, 0.2) is 0 Å². The summed E-state index contributed by atoms with van der Waals surface area (Å²) in [7, 11) is 0. The summed E-state index contributed by atoms with van der Waals surface area (Å²) in [4.78, 5) is 25.9. The lowest BCUT2D eigenvalue weighted by molar-refractivity contribution is -0.129. The Morgan fingerprint density at radius 3 is 2.24 bits per heavy atom. The van der Waals surface area contributed by atoms with Gasteiger partial charge >= 0.3 is 0 Å². The minimum atomic E-state index is -0.622. The van der Waals surface area contributed by atoms with E-state index in [1.165, 1.54) is 23.7 Å². The summed E-state index contributed by atoms with van der Waals surface area (Å²) in [6.07, 6.45) is 4.52. The van der Waals surface area contributed by atoms with Crippen molar-refractivity contribution in [3.63, 3.8) is 0 Å². The second kappa shape index (κ2) is 9.77. The number of halogens is 1. The van der Waals surface area contributed by atoms with Gasteiger partial charge in [0.05, 0.1) is 13.2 Å². The molecule has 6 nitrogen and oxygen atoms in total. The van der Waals surface area contributed by atoms with Gasteiger partial charge in [0.2, 0.25) is 0 Å². The normalized spacial score (nSPS) is 14.8. The van der Waals surface area contributed by atoms with E-state index in [9.17, 15) is 14.0 Å². The summed E-state index contributed by atoms with van der Waals surface area (Å²) < 4.78 is 18.7. The SMILES string of the molecule is O=C(/C=C/c1ccc(/C=C(\C(=O)N2CCOCC2)c2ccc(F)cc2)cc1)NO. The number of benzene rings is 2. The molecule has 1 aliphatic heterocycles. The molecule has 2 aromatic carbocycles. The van der Waals surface area contributed by atoms with Gasteiger partial charge < -0.3 is 9.64 Å². The molecule has 1 saturated heterocycles. The van der Waals surface area contributed by atoms with Crippen LogP contribution in [-0.4, -0.2) is 48.2 Å². The van der Waals surface area contributed by atoms with Gasteiger partial charge in [0, 0.05) is 24.7 Å². The van der Waals surface area contributed by atoms with Crippen molar-refractivity contribution in [2.45, 2.75) is 0 Å². The van der Waals surface area contributed by atoms with Crippen LogP contribution in [0, 0.1) is 5.82 Å². The Balaban J connectivity index is 1.89. The number of nitrogens with zero attached hydrogens (tertiary/aromatic N) is 1. The van der Waals surface area contributed by atoms with Crippen LogP contribution in [0.2, 0.25) is 0 Å². The molecule has 7 heteroatoms. The number of hydrogen-bond donors (Lipinski definition) is 2. The van der Waals surface area contributed by atoms with Gasteiger partial charge in [-0.2, -0.15) is 0 Å². The summed E-state index contributed by atoms with van der Waals surface area (Å²) in [5.74, 6) is -1.12. The van der Waals surface area contributed by atoms with Crippen LogP contribution in [0.3, 0.4) is 0 Å². The molecule has 0 unspecified atom stereocenters. The van der Waals surface area contributed by atoms with Gasteiger partial charge in [-0.3, -0.25) is 14.8 Å².